The molecular weight excluding hydrogens is 364 g/mol. The van der Waals surface area contributed by atoms with Crippen LogP contribution in [0.15, 0.2) is 64.9 Å². The molecular formula is C19H20N4OS2. The van der Waals surface area contributed by atoms with Crippen molar-refractivity contribution in [2.75, 3.05) is 11.1 Å². The maximum atomic E-state index is 12.1. The van der Waals surface area contributed by atoms with Crippen molar-refractivity contribution >= 4 is 35.1 Å². The second kappa shape index (κ2) is 8.91. The predicted octanol–water partition coefficient (Wildman–Crippen LogP) is 4.15. The van der Waals surface area contributed by atoms with Crippen LogP contribution in [0.2, 0.25) is 0 Å². The van der Waals surface area contributed by atoms with E-state index in [0.717, 1.165) is 21.5 Å². The second-order valence-corrected chi connectivity index (χ2v) is 7.91. The lowest BCUT2D eigenvalue weighted by Gasteiger charge is -2.07. The van der Waals surface area contributed by atoms with Crippen molar-refractivity contribution < 1.29 is 4.79 Å². The molecule has 1 heterocycles. The van der Waals surface area contributed by atoms with Crippen LogP contribution in [0.1, 0.15) is 11.1 Å². The average molecular weight is 385 g/mol. The quantitative estimate of drug-likeness (QED) is 0.663. The zero-order valence-electron chi connectivity index (χ0n) is 14.7. The fourth-order valence-electron chi connectivity index (χ4n) is 2.34. The lowest BCUT2D eigenvalue weighted by atomic mass is 10.2. The molecule has 0 spiro atoms. The molecule has 7 heteroatoms. The molecule has 0 fully saturated rings. The number of thioether (sulfide) groups is 1. The Morgan fingerprint density at radius 3 is 2.69 bits per heavy atom. The van der Waals surface area contributed by atoms with Crippen molar-refractivity contribution in [2.24, 2.45) is 7.05 Å². The molecule has 0 saturated heterocycles. The van der Waals surface area contributed by atoms with Crippen molar-refractivity contribution in [1.29, 1.82) is 0 Å². The highest BCUT2D eigenvalue weighted by Gasteiger charge is 2.06. The monoisotopic (exact) mass is 384 g/mol. The highest BCUT2D eigenvalue weighted by molar-refractivity contribution is 7.99. The first kappa shape index (κ1) is 18.5. The SMILES string of the molecule is Cc1cccc(CSCC(=O)Nc2ccc(Sc3nncn3C)cc2)c1. The molecule has 0 bridgehead atoms. The summed E-state index contributed by atoms with van der Waals surface area (Å²) >= 11 is 3.15. The van der Waals surface area contributed by atoms with Crippen molar-refractivity contribution in [3.8, 4) is 0 Å². The van der Waals surface area contributed by atoms with Crippen molar-refractivity contribution in [2.45, 2.75) is 22.7 Å². The number of aromatic nitrogens is 3. The summed E-state index contributed by atoms with van der Waals surface area (Å²) in [4.78, 5) is 13.1. The van der Waals surface area contributed by atoms with E-state index in [-0.39, 0.29) is 5.91 Å². The topological polar surface area (TPSA) is 59.8 Å². The lowest BCUT2D eigenvalue weighted by molar-refractivity contribution is -0.113. The second-order valence-electron chi connectivity index (χ2n) is 5.88. The Morgan fingerprint density at radius 1 is 1.19 bits per heavy atom. The van der Waals surface area contributed by atoms with E-state index in [1.165, 1.54) is 22.9 Å². The summed E-state index contributed by atoms with van der Waals surface area (Å²) in [6, 6.07) is 16.1. The van der Waals surface area contributed by atoms with Crippen LogP contribution in [0.4, 0.5) is 5.69 Å². The lowest BCUT2D eigenvalue weighted by Crippen LogP contribution is -2.14. The summed E-state index contributed by atoms with van der Waals surface area (Å²) in [5.74, 6) is 1.28. The van der Waals surface area contributed by atoms with Crippen LogP contribution in [0.3, 0.4) is 0 Å². The molecule has 0 unspecified atom stereocenters. The molecule has 0 radical (unpaired) electrons. The summed E-state index contributed by atoms with van der Waals surface area (Å²) in [7, 11) is 1.91. The molecule has 134 valence electrons. The van der Waals surface area contributed by atoms with Gasteiger partial charge in [0.15, 0.2) is 5.16 Å². The Bertz CT molecular complexity index is 877. The summed E-state index contributed by atoms with van der Waals surface area (Å²) in [6.07, 6.45) is 1.67. The van der Waals surface area contributed by atoms with Gasteiger partial charge in [-0.25, -0.2) is 0 Å². The van der Waals surface area contributed by atoms with Crippen LogP contribution in [-0.2, 0) is 17.6 Å². The minimum atomic E-state index is 0.0105. The number of anilines is 1. The van der Waals surface area contributed by atoms with E-state index in [2.05, 4.69) is 40.6 Å². The Morgan fingerprint density at radius 2 is 2.00 bits per heavy atom. The van der Waals surface area contributed by atoms with Gasteiger partial charge in [0.1, 0.15) is 6.33 Å². The van der Waals surface area contributed by atoms with Crippen LogP contribution >= 0.6 is 23.5 Å². The van der Waals surface area contributed by atoms with Gasteiger partial charge in [0, 0.05) is 23.4 Å². The van der Waals surface area contributed by atoms with Crippen molar-refractivity contribution in [3.63, 3.8) is 0 Å². The first-order chi connectivity index (χ1) is 12.6. The highest BCUT2D eigenvalue weighted by atomic mass is 32.2. The third-order valence-electron chi connectivity index (χ3n) is 3.60. The molecule has 0 aliphatic carbocycles. The molecule has 0 atom stereocenters. The number of carbonyl (C=O) groups is 1. The smallest absolute Gasteiger partial charge is 0.234 e. The number of carbonyl (C=O) groups excluding carboxylic acids is 1. The number of hydrogen-bond acceptors (Lipinski definition) is 5. The normalized spacial score (nSPS) is 10.7. The maximum absolute atomic E-state index is 12.1. The average Bonchev–Trinajstić information content (AvgIpc) is 3.01. The van der Waals surface area contributed by atoms with Crippen LogP contribution in [0.25, 0.3) is 0 Å². The van der Waals surface area contributed by atoms with Gasteiger partial charge in [-0.15, -0.1) is 22.0 Å². The number of amides is 1. The number of nitrogens with one attached hydrogen (secondary N) is 1. The molecule has 5 nitrogen and oxygen atoms in total. The van der Waals surface area contributed by atoms with Gasteiger partial charge in [-0.2, -0.15) is 0 Å². The zero-order valence-corrected chi connectivity index (χ0v) is 16.3. The van der Waals surface area contributed by atoms with Crippen LogP contribution in [0.5, 0.6) is 0 Å². The molecule has 0 saturated carbocycles. The van der Waals surface area contributed by atoms with Crippen molar-refractivity contribution in [3.05, 3.63) is 66.0 Å². The molecule has 1 N–H and O–H groups in total. The molecule has 2 aromatic carbocycles. The molecule has 0 aliphatic heterocycles. The Kier molecular flexibility index (Phi) is 6.35. The largest absolute Gasteiger partial charge is 0.325 e. The van der Waals surface area contributed by atoms with Gasteiger partial charge < -0.3 is 9.88 Å². The third kappa shape index (κ3) is 5.37. The predicted molar refractivity (Wildman–Crippen MR) is 108 cm³/mol. The summed E-state index contributed by atoms with van der Waals surface area (Å²) in [5.41, 5.74) is 3.29. The number of hydrogen-bond donors (Lipinski definition) is 1. The van der Waals surface area contributed by atoms with E-state index in [9.17, 15) is 4.79 Å². The fraction of sp³-hybridized carbons (Fsp3) is 0.211. The first-order valence-corrected chi connectivity index (χ1v) is 10.1. The van der Waals surface area contributed by atoms with Gasteiger partial charge in [-0.05, 0) is 48.5 Å². The first-order valence-electron chi connectivity index (χ1n) is 8.15. The standard InChI is InChI=1S/C19H20N4OS2/c1-14-4-3-5-15(10-14)11-25-12-18(24)21-16-6-8-17(9-7-16)26-19-22-20-13-23(19)2/h3-10,13H,11-12H2,1-2H3,(H,21,24). The molecule has 0 aliphatic rings. The van der Waals surface area contributed by atoms with E-state index in [1.54, 1.807) is 18.1 Å². The van der Waals surface area contributed by atoms with Crippen LogP contribution in [-0.4, -0.2) is 26.4 Å². The van der Waals surface area contributed by atoms with Gasteiger partial charge in [0.25, 0.3) is 0 Å². The minimum Gasteiger partial charge on any atom is -0.325 e. The number of benzene rings is 2. The van der Waals surface area contributed by atoms with Crippen LogP contribution in [0, 0.1) is 6.92 Å². The molecule has 1 aromatic heterocycles. The van der Waals surface area contributed by atoms with Gasteiger partial charge in [0.05, 0.1) is 5.75 Å². The Hall–Kier alpha value is -2.25. The van der Waals surface area contributed by atoms with E-state index in [1.807, 2.05) is 41.9 Å². The van der Waals surface area contributed by atoms with Crippen molar-refractivity contribution in [1.82, 2.24) is 14.8 Å². The summed E-state index contributed by atoms with van der Waals surface area (Å²) in [6.45, 7) is 2.08. The summed E-state index contributed by atoms with van der Waals surface area (Å²) < 4.78 is 1.87. The van der Waals surface area contributed by atoms with Gasteiger partial charge >= 0.3 is 0 Å². The number of aryl methyl sites for hydroxylation is 2. The Balaban J connectivity index is 1.46. The molecule has 3 rings (SSSR count). The fourth-order valence-corrected chi connectivity index (χ4v) is 3.87. The van der Waals surface area contributed by atoms with E-state index < -0.39 is 0 Å². The van der Waals surface area contributed by atoms with Gasteiger partial charge in [-0.3, -0.25) is 4.79 Å². The zero-order chi connectivity index (χ0) is 18.4. The Labute approximate surface area is 161 Å². The maximum Gasteiger partial charge on any atom is 0.234 e. The van der Waals surface area contributed by atoms with Gasteiger partial charge in [0.2, 0.25) is 5.91 Å². The summed E-state index contributed by atoms with van der Waals surface area (Å²) in [5, 5.41) is 11.7. The third-order valence-corrected chi connectivity index (χ3v) is 5.67. The molecule has 3 aromatic rings. The van der Waals surface area contributed by atoms with Gasteiger partial charge in [-0.1, -0.05) is 29.8 Å². The number of nitrogens with zero attached hydrogens (tertiary/aromatic N) is 3. The minimum absolute atomic E-state index is 0.0105. The molecule has 1 amide bonds. The number of rotatable bonds is 7. The van der Waals surface area contributed by atoms with Crippen LogP contribution < -0.4 is 5.32 Å². The van der Waals surface area contributed by atoms with E-state index in [4.69, 9.17) is 0 Å². The molecule has 26 heavy (non-hydrogen) atoms. The van der Waals surface area contributed by atoms with E-state index >= 15 is 0 Å². The van der Waals surface area contributed by atoms with E-state index in [0.29, 0.717) is 5.75 Å². The highest BCUT2D eigenvalue weighted by Crippen LogP contribution is 2.26.